The topological polar surface area (TPSA) is 107 Å². The maximum atomic E-state index is 13.2. The summed E-state index contributed by atoms with van der Waals surface area (Å²) in [6.45, 7) is 3.79. The average Bonchev–Trinajstić information content (AvgIpc) is 3.34. The van der Waals surface area contributed by atoms with Gasteiger partial charge in [-0.1, -0.05) is 54.6 Å². The molecule has 2 fully saturated rings. The maximum absolute atomic E-state index is 13.2. The van der Waals surface area contributed by atoms with Gasteiger partial charge in [0.1, 0.15) is 12.7 Å². The zero-order valence-electron chi connectivity index (χ0n) is 22.1. The minimum Gasteiger partial charge on any atom is -0.459 e. The first-order valence-electron chi connectivity index (χ1n) is 13.0. The Bertz CT molecular complexity index is 1310. The van der Waals surface area contributed by atoms with Crippen LogP contribution >= 0.6 is 0 Å². The molecule has 1 unspecified atom stereocenters. The number of rotatable bonds is 9. The summed E-state index contributed by atoms with van der Waals surface area (Å²) < 4.78 is 35.0. The van der Waals surface area contributed by atoms with E-state index in [0.717, 1.165) is 0 Å². The van der Waals surface area contributed by atoms with Gasteiger partial charge in [0.25, 0.3) is 0 Å². The van der Waals surface area contributed by atoms with Crippen molar-refractivity contribution in [2.75, 3.05) is 13.2 Å². The molecule has 2 saturated heterocycles. The Morgan fingerprint density at radius 1 is 0.800 bits per heavy atom. The highest BCUT2D eigenvalue weighted by Gasteiger charge is 2.56. The molecule has 9 nitrogen and oxygen atoms in total. The van der Waals surface area contributed by atoms with E-state index < -0.39 is 54.2 Å². The van der Waals surface area contributed by atoms with Gasteiger partial charge in [0.05, 0.1) is 34.8 Å². The summed E-state index contributed by atoms with van der Waals surface area (Å²) in [5, 5.41) is 0. The van der Waals surface area contributed by atoms with Crippen molar-refractivity contribution in [3.63, 3.8) is 0 Å². The molecule has 0 saturated carbocycles. The van der Waals surface area contributed by atoms with Crippen LogP contribution in [-0.4, -0.2) is 61.5 Å². The molecule has 9 heteroatoms. The van der Waals surface area contributed by atoms with Crippen molar-refractivity contribution in [2.45, 2.75) is 44.2 Å². The third-order valence-electron chi connectivity index (χ3n) is 6.60. The summed E-state index contributed by atoms with van der Waals surface area (Å²) in [6, 6.07) is 25.5. The van der Waals surface area contributed by atoms with Crippen LogP contribution in [0.25, 0.3) is 0 Å². The van der Waals surface area contributed by atoms with Crippen molar-refractivity contribution < 1.29 is 42.8 Å². The lowest BCUT2D eigenvalue weighted by atomic mass is 9.89. The van der Waals surface area contributed by atoms with Crippen LogP contribution in [0, 0.1) is 5.92 Å². The Kier molecular flexibility index (Phi) is 8.25. The highest BCUT2D eigenvalue weighted by atomic mass is 16.8. The fourth-order valence-corrected chi connectivity index (χ4v) is 4.53. The number of esters is 3. The van der Waals surface area contributed by atoms with E-state index in [0.29, 0.717) is 16.7 Å². The second-order valence-electron chi connectivity index (χ2n) is 10.1. The van der Waals surface area contributed by atoms with Crippen molar-refractivity contribution in [1.29, 1.82) is 0 Å². The summed E-state index contributed by atoms with van der Waals surface area (Å²) in [6.07, 6.45) is -3.90. The normalized spacial score (nSPS) is 23.9. The molecule has 0 radical (unpaired) electrons. The molecule has 2 aliphatic heterocycles. The van der Waals surface area contributed by atoms with Gasteiger partial charge in [-0.2, -0.15) is 0 Å². The van der Waals surface area contributed by atoms with Crippen LogP contribution in [0.4, 0.5) is 0 Å². The lowest BCUT2D eigenvalue weighted by Gasteiger charge is -2.47. The first-order chi connectivity index (χ1) is 19.3. The van der Waals surface area contributed by atoms with Gasteiger partial charge < -0.3 is 28.4 Å². The van der Waals surface area contributed by atoms with E-state index in [-0.39, 0.29) is 13.2 Å². The van der Waals surface area contributed by atoms with Crippen LogP contribution in [0.5, 0.6) is 0 Å². The summed E-state index contributed by atoms with van der Waals surface area (Å²) in [7, 11) is 0. The predicted octanol–water partition coefficient (Wildman–Crippen LogP) is 4.42. The number of hydrogen-bond acceptors (Lipinski definition) is 9. The average molecular weight is 547 g/mol. The van der Waals surface area contributed by atoms with E-state index in [1.807, 2.05) is 13.8 Å². The van der Waals surface area contributed by atoms with Crippen molar-refractivity contribution >= 4 is 17.9 Å². The van der Waals surface area contributed by atoms with Gasteiger partial charge in [0.15, 0.2) is 12.4 Å². The highest BCUT2D eigenvalue weighted by molar-refractivity contribution is 5.90. The maximum Gasteiger partial charge on any atom is 0.340 e. The molecular weight excluding hydrogens is 516 g/mol. The standard InChI is InChI=1S/C31H30O9/c1-31(2)19-36-30(40-31)25(38-27(33)21-14-8-4-9-15-21)24-23(18-35-26(32)20-12-6-3-7-13-20)37-29(24)39-28(34)22-16-10-5-11-17-22/h3-17,23-25,29-30H,18-19H2,1-2H3/t23-,24+,25-,29+,30?/m1/s1. The van der Waals surface area contributed by atoms with Gasteiger partial charge in [-0.25, -0.2) is 14.4 Å². The molecule has 208 valence electrons. The van der Waals surface area contributed by atoms with E-state index in [4.69, 9.17) is 28.4 Å². The number of carbonyl (C=O) groups excluding carboxylic acids is 3. The number of ether oxygens (including phenoxy) is 6. The lowest BCUT2D eigenvalue weighted by Crippen LogP contribution is -2.61. The van der Waals surface area contributed by atoms with Crippen LogP contribution in [-0.2, 0) is 28.4 Å². The largest absolute Gasteiger partial charge is 0.459 e. The summed E-state index contributed by atoms with van der Waals surface area (Å²) >= 11 is 0. The number of benzene rings is 3. The van der Waals surface area contributed by atoms with Gasteiger partial charge in [-0.3, -0.25) is 0 Å². The smallest absolute Gasteiger partial charge is 0.340 e. The number of carbonyl (C=O) groups is 3. The van der Waals surface area contributed by atoms with Gasteiger partial charge in [0.2, 0.25) is 6.29 Å². The molecule has 0 aliphatic carbocycles. The van der Waals surface area contributed by atoms with Crippen molar-refractivity contribution in [1.82, 2.24) is 0 Å². The van der Waals surface area contributed by atoms with Gasteiger partial charge in [-0.05, 0) is 50.2 Å². The zero-order valence-corrected chi connectivity index (χ0v) is 22.1. The molecule has 2 heterocycles. The zero-order chi connectivity index (χ0) is 28.1. The molecule has 0 N–H and O–H groups in total. The Morgan fingerprint density at radius 3 is 1.85 bits per heavy atom. The summed E-state index contributed by atoms with van der Waals surface area (Å²) in [4.78, 5) is 38.7. The van der Waals surface area contributed by atoms with Crippen LogP contribution < -0.4 is 0 Å². The van der Waals surface area contributed by atoms with Crippen molar-refractivity contribution in [2.24, 2.45) is 5.92 Å². The Hall–Kier alpha value is -4.05. The molecule has 3 aromatic rings. The molecular formula is C31H30O9. The van der Waals surface area contributed by atoms with Crippen LogP contribution in [0.2, 0.25) is 0 Å². The molecule has 0 aromatic heterocycles. The molecule has 5 atom stereocenters. The lowest BCUT2D eigenvalue weighted by molar-refractivity contribution is -0.325. The molecule has 0 bridgehead atoms. The molecule has 0 amide bonds. The van der Waals surface area contributed by atoms with E-state index in [1.54, 1.807) is 91.0 Å². The van der Waals surface area contributed by atoms with Crippen molar-refractivity contribution in [3.05, 3.63) is 108 Å². The van der Waals surface area contributed by atoms with Crippen molar-refractivity contribution in [3.8, 4) is 0 Å². The van der Waals surface area contributed by atoms with E-state index in [2.05, 4.69) is 0 Å². The Labute approximate surface area is 231 Å². The Balaban J connectivity index is 1.39. The SMILES string of the molecule is CC1(C)COC([C@H](OC(=O)c2ccccc2)[C@H]2[C@H](OC(=O)c3ccccc3)O[C@@H]2COC(=O)c2ccccc2)O1. The third kappa shape index (κ3) is 6.39. The van der Waals surface area contributed by atoms with E-state index in [9.17, 15) is 14.4 Å². The minimum absolute atomic E-state index is 0.173. The molecule has 2 aliphatic rings. The second-order valence-corrected chi connectivity index (χ2v) is 10.1. The van der Waals surface area contributed by atoms with Crippen LogP contribution in [0.1, 0.15) is 44.9 Å². The molecule has 40 heavy (non-hydrogen) atoms. The van der Waals surface area contributed by atoms with Gasteiger partial charge in [0, 0.05) is 0 Å². The van der Waals surface area contributed by atoms with Crippen LogP contribution in [0.3, 0.4) is 0 Å². The van der Waals surface area contributed by atoms with E-state index >= 15 is 0 Å². The fraction of sp³-hybridized carbons (Fsp3) is 0.323. The highest BCUT2D eigenvalue weighted by Crippen LogP contribution is 2.40. The number of hydrogen-bond donors (Lipinski definition) is 0. The first kappa shape index (κ1) is 27.5. The van der Waals surface area contributed by atoms with Gasteiger partial charge >= 0.3 is 17.9 Å². The van der Waals surface area contributed by atoms with Gasteiger partial charge in [-0.15, -0.1) is 0 Å². The summed E-state index contributed by atoms with van der Waals surface area (Å²) in [5.41, 5.74) is 0.394. The second kappa shape index (κ2) is 12.0. The monoisotopic (exact) mass is 546 g/mol. The molecule has 3 aromatic carbocycles. The molecule has 5 rings (SSSR count). The predicted molar refractivity (Wildman–Crippen MR) is 141 cm³/mol. The quantitative estimate of drug-likeness (QED) is 0.285. The van der Waals surface area contributed by atoms with E-state index in [1.165, 1.54) is 0 Å². The fourth-order valence-electron chi connectivity index (χ4n) is 4.53. The van der Waals surface area contributed by atoms with Crippen LogP contribution in [0.15, 0.2) is 91.0 Å². The first-order valence-corrected chi connectivity index (χ1v) is 13.0. The minimum atomic E-state index is -1.11. The molecule has 0 spiro atoms. The third-order valence-corrected chi connectivity index (χ3v) is 6.60. The Morgan fingerprint density at radius 2 is 1.32 bits per heavy atom. The summed E-state index contributed by atoms with van der Waals surface area (Å²) in [5.74, 6) is -2.53.